The highest BCUT2D eigenvalue weighted by Gasteiger charge is 2.31. The number of pyridine rings is 1. The lowest BCUT2D eigenvalue weighted by Crippen LogP contribution is -2.37. The Bertz CT molecular complexity index is 1160. The van der Waals surface area contributed by atoms with Crippen molar-refractivity contribution in [3.63, 3.8) is 0 Å². The summed E-state index contributed by atoms with van der Waals surface area (Å²) in [6.45, 7) is 3.68. The molecule has 2 fully saturated rings. The number of nitrogens with zero attached hydrogens (tertiary/aromatic N) is 3. The minimum atomic E-state index is -3.81. The smallest absolute Gasteiger partial charge is 0.253 e. The molecule has 1 amide bonds. The second kappa shape index (κ2) is 10.9. The maximum atomic E-state index is 13.6. The number of nitrogens with one attached hydrogen (secondary N) is 1. The van der Waals surface area contributed by atoms with E-state index in [1.807, 2.05) is 6.92 Å². The zero-order valence-electron chi connectivity index (χ0n) is 20.2. The van der Waals surface area contributed by atoms with E-state index in [0.717, 1.165) is 31.4 Å². The molecule has 2 aliphatic rings. The predicted molar refractivity (Wildman–Crippen MR) is 136 cm³/mol. The van der Waals surface area contributed by atoms with E-state index in [4.69, 9.17) is 5.73 Å². The fourth-order valence-corrected chi connectivity index (χ4v) is 6.51. The van der Waals surface area contributed by atoms with Crippen LogP contribution in [-0.2, 0) is 10.0 Å². The van der Waals surface area contributed by atoms with E-state index < -0.39 is 10.0 Å². The third-order valence-electron chi connectivity index (χ3n) is 6.92. The molecule has 2 heterocycles. The first-order chi connectivity index (χ1) is 16.8. The number of aliphatic hydroxyl groups excluding tert-OH is 1. The molecule has 35 heavy (non-hydrogen) atoms. The quantitative estimate of drug-likeness (QED) is 0.497. The Kier molecular flexibility index (Phi) is 7.93. The Morgan fingerprint density at radius 2 is 1.97 bits per heavy atom. The van der Waals surface area contributed by atoms with Crippen LogP contribution in [0.3, 0.4) is 0 Å². The number of nitrogen functional groups attached to an aromatic ring is 1. The van der Waals surface area contributed by atoms with Crippen LogP contribution in [-0.4, -0.2) is 72.4 Å². The van der Waals surface area contributed by atoms with E-state index >= 15 is 0 Å². The molecular weight excluding hydrogens is 466 g/mol. The van der Waals surface area contributed by atoms with Crippen molar-refractivity contribution in [3.05, 3.63) is 47.7 Å². The molecule has 0 unspecified atom stereocenters. The fourth-order valence-electron chi connectivity index (χ4n) is 4.94. The van der Waals surface area contributed by atoms with Gasteiger partial charge < -0.3 is 21.1 Å². The van der Waals surface area contributed by atoms with Crippen LogP contribution in [0.4, 0.5) is 11.5 Å². The number of benzene rings is 1. The molecule has 1 aromatic carbocycles. The first-order valence-corrected chi connectivity index (χ1v) is 13.7. The second-order valence-electron chi connectivity index (χ2n) is 9.45. The summed E-state index contributed by atoms with van der Waals surface area (Å²) in [5.41, 5.74) is 7.56. The zero-order valence-corrected chi connectivity index (χ0v) is 21.0. The first-order valence-electron chi connectivity index (χ1n) is 12.3. The van der Waals surface area contributed by atoms with Crippen LogP contribution >= 0.6 is 0 Å². The molecule has 1 aromatic heterocycles. The van der Waals surface area contributed by atoms with E-state index in [9.17, 15) is 18.3 Å². The Morgan fingerprint density at radius 3 is 2.71 bits per heavy atom. The summed E-state index contributed by atoms with van der Waals surface area (Å²) in [5.74, 6) is 0.431. The van der Waals surface area contributed by atoms with Crippen molar-refractivity contribution in [1.82, 2.24) is 14.2 Å². The van der Waals surface area contributed by atoms with Crippen LogP contribution in [0.5, 0.6) is 0 Å². The molecule has 2 aromatic rings. The molecule has 0 radical (unpaired) electrons. The maximum Gasteiger partial charge on any atom is 0.253 e. The van der Waals surface area contributed by atoms with E-state index in [-0.39, 0.29) is 29.4 Å². The van der Waals surface area contributed by atoms with Crippen LogP contribution in [0.15, 0.2) is 41.3 Å². The SMILES string of the molecule is Cc1ccc(S(=O)(=O)N2CCCN(C(=O)c3cccc(N)c3)CC2)c(NCC[C@@H]2CCC[C@@H]2O)n1. The summed E-state index contributed by atoms with van der Waals surface area (Å²) in [7, 11) is -3.81. The number of hydrogen-bond donors (Lipinski definition) is 3. The van der Waals surface area contributed by atoms with Crippen LogP contribution in [0.1, 0.15) is 48.2 Å². The molecule has 1 aliphatic heterocycles. The van der Waals surface area contributed by atoms with Crippen molar-refractivity contribution in [2.24, 2.45) is 5.92 Å². The summed E-state index contributed by atoms with van der Waals surface area (Å²) >= 11 is 0. The Hall–Kier alpha value is -2.69. The number of hydrogen-bond acceptors (Lipinski definition) is 7. The summed E-state index contributed by atoms with van der Waals surface area (Å²) in [6, 6.07) is 10.1. The van der Waals surface area contributed by atoms with Gasteiger partial charge in [-0.15, -0.1) is 0 Å². The highest BCUT2D eigenvalue weighted by molar-refractivity contribution is 7.89. The van der Waals surface area contributed by atoms with Gasteiger partial charge in [-0.05, 0) is 68.9 Å². The standard InChI is InChI=1S/C25H35N5O4S/c1-18-9-10-23(24(28-18)27-12-11-19-5-3-8-22(19)31)35(33,34)30-14-4-13-29(15-16-30)25(32)20-6-2-7-21(26)17-20/h2,6-7,9-10,17,19,22,31H,3-5,8,11-16,26H2,1H3,(H,27,28)/t19-,22-/m0/s1. The van der Waals surface area contributed by atoms with Gasteiger partial charge in [0.2, 0.25) is 10.0 Å². The lowest BCUT2D eigenvalue weighted by atomic mass is 10.0. The average Bonchev–Trinajstić information content (AvgIpc) is 3.07. The van der Waals surface area contributed by atoms with Gasteiger partial charge in [0.1, 0.15) is 10.7 Å². The summed E-state index contributed by atoms with van der Waals surface area (Å²) < 4.78 is 28.7. The average molecular weight is 502 g/mol. The Balaban J connectivity index is 1.45. The van der Waals surface area contributed by atoms with Gasteiger partial charge in [0.05, 0.1) is 6.10 Å². The number of sulfonamides is 1. The minimum absolute atomic E-state index is 0.144. The van der Waals surface area contributed by atoms with E-state index in [0.29, 0.717) is 49.7 Å². The van der Waals surface area contributed by atoms with Crippen molar-refractivity contribution < 1.29 is 18.3 Å². The number of rotatable bonds is 7. The molecule has 190 valence electrons. The van der Waals surface area contributed by atoms with Crippen LogP contribution in [0, 0.1) is 12.8 Å². The van der Waals surface area contributed by atoms with Gasteiger partial charge in [0.25, 0.3) is 5.91 Å². The molecule has 2 atom stereocenters. The monoisotopic (exact) mass is 501 g/mol. The molecule has 4 N–H and O–H groups in total. The van der Waals surface area contributed by atoms with Crippen molar-refractivity contribution in [2.45, 2.75) is 50.0 Å². The molecule has 0 bridgehead atoms. The second-order valence-corrected chi connectivity index (χ2v) is 11.4. The highest BCUT2D eigenvalue weighted by atomic mass is 32.2. The lowest BCUT2D eigenvalue weighted by Gasteiger charge is -2.23. The maximum absolute atomic E-state index is 13.6. The number of anilines is 2. The first kappa shape index (κ1) is 25.4. The number of aliphatic hydroxyl groups is 1. The molecule has 4 rings (SSSR count). The third kappa shape index (κ3) is 5.94. The lowest BCUT2D eigenvalue weighted by molar-refractivity contribution is 0.0764. The van der Waals surface area contributed by atoms with Gasteiger partial charge in [-0.25, -0.2) is 13.4 Å². The van der Waals surface area contributed by atoms with Gasteiger partial charge >= 0.3 is 0 Å². The van der Waals surface area contributed by atoms with Crippen molar-refractivity contribution in [1.29, 1.82) is 0 Å². The fraction of sp³-hybridized carbons (Fsp3) is 0.520. The number of carbonyl (C=O) groups excluding carboxylic acids is 1. The Labute approximate surface area is 207 Å². The van der Waals surface area contributed by atoms with Crippen LogP contribution < -0.4 is 11.1 Å². The van der Waals surface area contributed by atoms with Crippen molar-refractivity contribution >= 4 is 27.4 Å². The number of aromatic nitrogens is 1. The molecule has 10 heteroatoms. The Morgan fingerprint density at radius 1 is 1.14 bits per heavy atom. The summed E-state index contributed by atoms with van der Waals surface area (Å²) in [4.78, 5) is 19.2. The van der Waals surface area contributed by atoms with Gasteiger partial charge in [0, 0.05) is 49.7 Å². The number of carbonyl (C=O) groups is 1. The summed E-state index contributed by atoms with van der Waals surface area (Å²) in [6.07, 6.45) is 3.88. The zero-order chi connectivity index (χ0) is 25.0. The van der Waals surface area contributed by atoms with E-state index in [1.165, 1.54) is 4.31 Å². The van der Waals surface area contributed by atoms with Gasteiger partial charge in [-0.1, -0.05) is 12.5 Å². The van der Waals surface area contributed by atoms with E-state index in [1.54, 1.807) is 41.3 Å². The molecule has 0 spiro atoms. The number of nitrogens with two attached hydrogens (primary N) is 1. The largest absolute Gasteiger partial charge is 0.399 e. The number of aryl methyl sites for hydroxylation is 1. The van der Waals surface area contributed by atoms with Crippen molar-refractivity contribution in [2.75, 3.05) is 43.8 Å². The van der Waals surface area contributed by atoms with Gasteiger partial charge in [-0.2, -0.15) is 4.31 Å². The third-order valence-corrected chi connectivity index (χ3v) is 8.85. The molecule has 9 nitrogen and oxygen atoms in total. The van der Waals surface area contributed by atoms with Crippen molar-refractivity contribution in [3.8, 4) is 0 Å². The van der Waals surface area contributed by atoms with Crippen LogP contribution in [0.25, 0.3) is 0 Å². The highest BCUT2D eigenvalue weighted by Crippen LogP contribution is 2.29. The predicted octanol–water partition coefficient (Wildman–Crippen LogP) is 2.47. The minimum Gasteiger partial charge on any atom is -0.399 e. The molecule has 1 saturated carbocycles. The van der Waals surface area contributed by atoms with Gasteiger partial charge in [0.15, 0.2) is 0 Å². The molecule has 1 aliphatic carbocycles. The number of amides is 1. The van der Waals surface area contributed by atoms with Gasteiger partial charge in [-0.3, -0.25) is 4.79 Å². The molecular formula is C25H35N5O4S. The normalized spacial score (nSPS) is 21.6. The van der Waals surface area contributed by atoms with E-state index in [2.05, 4.69) is 10.3 Å². The topological polar surface area (TPSA) is 129 Å². The molecule has 1 saturated heterocycles. The summed E-state index contributed by atoms with van der Waals surface area (Å²) in [5, 5.41) is 13.3. The van der Waals surface area contributed by atoms with Crippen LogP contribution in [0.2, 0.25) is 0 Å².